The lowest BCUT2D eigenvalue weighted by Gasteiger charge is -2.32. The molecule has 1 aliphatic heterocycles. The molecule has 26 heavy (non-hydrogen) atoms. The monoisotopic (exact) mass is 379 g/mol. The fourth-order valence-corrected chi connectivity index (χ4v) is 3.43. The van der Waals surface area contributed by atoms with Crippen molar-refractivity contribution in [1.82, 2.24) is 0 Å². The number of anilines is 1. The van der Waals surface area contributed by atoms with Crippen LogP contribution in [0.4, 0.5) is 5.69 Å². The highest BCUT2D eigenvalue weighted by Crippen LogP contribution is 2.33. The number of nitrogens with zero attached hydrogens (tertiary/aromatic N) is 1. The molecule has 1 unspecified atom stereocenters. The number of carbonyl (C=O) groups excluding carboxylic acids is 2. The van der Waals surface area contributed by atoms with Gasteiger partial charge in [0.2, 0.25) is 0 Å². The molecule has 0 bridgehead atoms. The smallest absolute Gasteiger partial charge is 0.350 e. The van der Waals surface area contributed by atoms with E-state index in [1.165, 1.54) is 18.4 Å². The molecule has 2 heterocycles. The van der Waals surface area contributed by atoms with Crippen LogP contribution in [-0.4, -0.2) is 50.0 Å². The van der Waals surface area contributed by atoms with Gasteiger partial charge in [0.1, 0.15) is 11.0 Å². The summed E-state index contributed by atoms with van der Waals surface area (Å²) in [6, 6.07) is 1.77. The van der Waals surface area contributed by atoms with Crippen molar-refractivity contribution in [3.63, 3.8) is 0 Å². The number of esters is 1. The van der Waals surface area contributed by atoms with Gasteiger partial charge in [-0.3, -0.25) is 4.79 Å². The first-order chi connectivity index (χ1) is 12.3. The molecule has 1 atom stereocenters. The van der Waals surface area contributed by atoms with Crippen LogP contribution in [0.2, 0.25) is 0 Å². The Morgan fingerprint density at radius 1 is 1.50 bits per heavy atom. The molecule has 7 heteroatoms. The van der Waals surface area contributed by atoms with Gasteiger partial charge in [0.15, 0.2) is 0 Å². The van der Waals surface area contributed by atoms with Crippen molar-refractivity contribution >= 4 is 28.9 Å². The number of aliphatic hydroxyl groups excluding tert-OH is 1. The molecule has 1 aromatic rings. The van der Waals surface area contributed by atoms with Gasteiger partial charge in [-0.15, -0.1) is 11.3 Å². The summed E-state index contributed by atoms with van der Waals surface area (Å²) in [5.74, 6) is 5.53. The van der Waals surface area contributed by atoms with E-state index in [4.69, 9.17) is 14.6 Å². The number of morpholine rings is 1. The molecule has 0 aliphatic carbocycles. The standard InChI is InChI=1S/C19H25NO5S/c1-19(2,3)8-7-13-12-14(16(26-13)18(23)24-4)20-9-11-25-15(17(20)22)6-5-10-21/h12,15,21H,5-6,9-11H2,1-4H3. The van der Waals surface area contributed by atoms with Crippen LogP contribution in [0.3, 0.4) is 0 Å². The molecule has 1 aromatic heterocycles. The van der Waals surface area contributed by atoms with E-state index in [9.17, 15) is 9.59 Å². The minimum Gasteiger partial charge on any atom is -0.465 e. The Kier molecular flexibility index (Phi) is 6.81. The van der Waals surface area contributed by atoms with Gasteiger partial charge in [0.25, 0.3) is 5.91 Å². The molecule has 0 aromatic carbocycles. The number of aliphatic hydroxyl groups is 1. The van der Waals surface area contributed by atoms with E-state index in [-0.39, 0.29) is 17.9 Å². The van der Waals surface area contributed by atoms with Gasteiger partial charge < -0.3 is 19.5 Å². The number of methoxy groups -OCH3 is 1. The summed E-state index contributed by atoms with van der Waals surface area (Å²) in [7, 11) is 1.32. The zero-order chi connectivity index (χ0) is 19.3. The fraction of sp³-hybridized carbons (Fsp3) is 0.579. The van der Waals surface area contributed by atoms with Crippen LogP contribution >= 0.6 is 11.3 Å². The Bertz CT molecular complexity index is 723. The molecule has 1 amide bonds. The average Bonchev–Trinajstić information content (AvgIpc) is 3.02. The topological polar surface area (TPSA) is 76.1 Å². The second-order valence-electron chi connectivity index (χ2n) is 7.03. The summed E-state index contributed by atoms with van der Waals surface area (Å²) in [4.78, 5) is 27.6. The molecule has 2 rings (SSSR count). The lowest BCUT2D eigenvalue weighted by atomic mass is 9.98. The van der Waals surface area contributed by atoms with E-state index in [1.807, 2.05) is 20.8 Å². The van der Waals surface area contributed by atoms with Crippen molar-refractivity contribution in [3.8, 4) is 11.8 Å². The number of thiophene rings is 1. The van der Waals surface area contributed by atoms with Crippen molar-refractivity contribution in [2.45, 2.75) is 39.7 Å². The maximum atomic E-state index is 12.8. The molecule has 1 saturated heterocycles. The molecule has 1 N–H and O–H groups in total. The third kappa shape index (κ3) is 5.07. The predicted octanol–water partition coefficient (Wildman–Crippen LogP) is 2.44. The largest absolute Gasteiger partial charge is 0.465 e. The number of hydrogen-bond acceptors (Lipinski definition) is 6. The first kappa shape index (κ1) is 20.4. The lowest BCUT2D eigenvalue weighted by molar-refractivity contribution is -0.134. The Hall–Kier alpha value is -1.88. The van der Waals surface area contributed by atoms with Crippen molar-refractivity contribution in [2.75, 3.05) is 31.8 Å². The zero-order valence-electron chi connectivity index (χ0n) is 15.6. The quantitative estimate of drug-likeness (QED) is 0.628. The summed E-state index contributed by atoms with van der Waals surface area (Å²) in [6.45, 7) is 6.77. The first-order valence-corrected chi connectivity index (χ1v) is 9.37. The number of carbonyl (C=O) groups is 2. The van der Waals surface area contributed by atoms with Crippen molar-refractivity contribution in [2.24, 2.45) is 5.41 Å². The second kappa shape index (κ2) is 8.67. The Morgan fingerprint density at radius 3 is 2.85 bits per heavy atom. The zero-order valence-corrected chi connectivity index (χ0v) is 16.4. The third-order valence-corrected chi connectivity index (χ3v) is 4.75. The molecule has 0 spiro atoms. The van der Waals surface area contributed by atoms with Crippen LogP contribution in [0.15, 0.2) is 6.07 Å². The Balaban J connectivity index is 2.36. The highest BCUT2D eigenvalue weighted by Gasteiger charge is 2.33. The summed E-state index contributed by atoms with van der Waals surface area (Å²) < 4.78 is 10.4. The summed E-state index contributed by atoms with van der Waals surface area (Å²) in [5, 5.41) is 8.99. The van der Waals surface area contributed by atoms with Gasteiger partial charge in [-0.1, -0.05) is 11.8 Å². The Labute approximate surface area is 158 Å². The fourth-order valence-electron chi connectivity index (χ4n) is 2.50. The van der Waals surface area contributed by atoms with Gasteiger partial charge in [0, 0.05) is 18.6 Å². The molecule has 0 saturated carbocycles. The SMILES string of the molecule is COC(=O)c1sc(C#CC(C)(C)C)cc1N1CCOC(CCCO)C1=O. The van der Waals surface area contributed by atoms with Gasteiger partial charge in [-0.2, -0.15) is 0 Å². The van der Waals surface area contributed by atoms with Gasteiger partial charge >= 0.3 is 5.97 Å². The highest BCUT2D eigenvalue weighted by molar-refractivity contribution is 7.15. The Morgan fingerprint density at radius 2 is 2.23 bits per heavy atom. The van der Waals surface area contributed by atoms with Crippen molar-refractivity contribution in [3.05, 3.63) is 15.8 Å². The van der Waals surface area contributed by atoms with Gasteiger partial charge in [-0.05, 0) is 39.7 Å². The predicted molar refractivity (Wildman–Crippen MR) is 100 cm³/mol. The van der Waals surface area contributed by atoms with Crippen LogP contribution in [0.25, 0.3) is 0 Å². The minimum absolute atomic E-state index is 0.00550. The van der Waals surface area contributed by atoms with E-state index in [2.05, 4.69) is 11.8 Å². The maximum absolute atomic E-state index is 12.8. The lowest BCUT2D eigenvalue weighted by Crippen LogP contribution is -2.48. The normalized spacial score (nSPS) is 17.7. The van der Waals surface area contributed by atoms with E-state index in [0.717, 1.165) is 0 Å². The highest BCUT2D eigenvalue weighted by atomic mass is 32.1. The van der Waals surface area contributed by atoms with E-state index in [1.54, 1.807) is 11.0 Å². The molecule has 6 nitrogen and oxygen atoms in total. The molecular weight excluding hydrogens is 354 g/mol. The summed E-state index contributed by atoms with van der Waals surface area (Å²) >= 11 is 1.22. The van der Waals surface area contributed by atoms with Crippen molar-refractivity contribution < 1.29 is 24.2 Å². The van der Waals surface area contributed by atoms with Gasteiger partial charge in [-0.25, -0.2) is 4.79 Å². The molecule has 1 aliphatic rings. The number of rotatable bonds is 5. The van der Waals surface area contributed by atoms with Crippen LogP contribution in [0.1, 0.15) is 48.2 Å². The first-order valence-electron chi connectivity index (χ1n) is 8.56. The summed E-state index contributed by atoms with van der Waals surface area (Å²) in [6.07, 6.45) is 0.325. The molecule has 0 radical (unpaired) electrons. The maximum Gasteiger partial charge on any atom is 0.350 e. The average molecular weight is 379 g/mol. The summed E-state index contributed by atoms with van der Waals surface area (Å²) in [5.41, 5.74) is 0.349. The van der Waals surface area contributed by atoms with Gasteiger partial charge in [0.05, 0.1) is 24.3 Å². The van der Waals surface area contributed by atoms with Crippen LogP contribution in [-0.2, 0) is 14.3 Å². The molecule has 1 fully saturated rings. The van der Waals surface area contributed by atoms with Crippen molar-refractivity contribution in [1.29, 1.82) is 0 Å². The third-order valence-electron chi connectivity index (χ3n) is 3.73. The van der Waals surface area contributed by atoms with E-state index >= 15 is 0 Å². The van der Waals surface area contributed by atoms with Crippen LogP contribution in [0, 0.1) is 17.3 Å². The number of ether oxygens (including phenoxy) is 2. The molecular formula is C19H25NO5S. The minimum atomic E-state index is -0.606. The van der Waals surface area contributed by atoms with E-state index in [0.29, 0.717) is 41.4 Å². The number of amides is 1. The van der Waals surface area contributed by atoms with Crippen LogP contribution in [0.5, 0.6) is 0 Å². The second-order valence-corrected chi connectivity index (χ2v) is 8.08. The van der Waals surface area contributed by atoms with Crippen LogP contribution < -0.4 is 4.90 Å². The van der Waals surface area contributed by atoms with E-state index < -0.39 is 12.1 Å². The number of hydrogen-bond donors (Lipinski definition) is 1. The molecule has 142 valence electrons.